The topological polar surface area (TPSA) is 54.0 Å². The van der Waals surface area contributed by atoms with Crippen LogP contribution in [0.2, 0.25) is 0 Å². The van der Waals surface area contributed by atoms with Crippen molar-refractivity contribution in [2.75, 3.05) is 52.5 Å². The van der Waals surface area contributed by atoms with Crippen molar-refractivity contribution >= 4 is 18.3 Å². The van der Waals surface area contributed by atoms with Crippen LogP contribution >= 0.6 is 12.4 Å². The number of hydrogen-bond acceptors (Lipinski definition) is 5. The molecule has 1 aromatic carbocycles. The van der Waals surface area contributed by atoms with E-state index in [0.717, 1.165) is 52.1 Å². The van der Waals surface area contributed by atoms with Gasteiger partial charge in [-0.2, -0.15) is 0 Å². The van der Waals surface area contributed by atoms with Crippen LogP contribution in [0.5, 0.6) is 11.5 Å². The molecule has 0 bridgehead atoms. The largest absolute Gasteiger partial charge is 0.490 e. The standard InChI is InChI=1S/C20H31N3O3.ClH/c1-3-13-26-18-6-5-16(14-19(18)25-4-2)20(24)23-10-7-17(15-23)22-11-8-21-9-12-22;/h5-6,14,17,21H,3-4,7-13,15H2,1-2H3;1H. The highest BCUT2D eigenvalue weighted by molar-refractivity contribution is 5.95. The number of rotatable bonds is 7. The lowest BCUT2D eigenvalue weighted by Crippen LogP contribution is -2.49. The zero-order chi connectivity index (χ0) is 18.4. The molecule has 7 heteroatoms. The molecule has 6 nitrogen and oxygen atoms in total. The first-order chi connectivity index (χ1) is 12.7. The second kappa shape index (κ2) is 10.7. The van der Waals surface area contributed by atoms with Crippen LogP contribution in [0.3, 0.4) is 0 Å². The fourth-order valence-corrected chi connectivity index (χ4v) is 3.69. The third kappa shape index (κ3) is 5.50. The average Bonchev–Trinajstić information content (AvgIpc) is 3.17. The van der Waals surface area contributed by atoms with E-state index in [1.54, 1.807) is 0 Å². The number of piperazine rings is 1. The Balaban J connectivity index is 0.00000261. The number of halogens is 1. The summed E-state index contributed by atoms with van der Waals surface area (Å²) >= 11 is 0. The monoisotopic (exact) mass is 397 g/mol. The fourth-order valence-electron chi connectivity index (χ4n) is 3.69. The first-order valence-corrected chi connectivity index (χ1v) is 9.86. The number of benzene rings is 1. The predicted octanol–water partition coefficient (Wildman–Crippen LogP) is 2.42. The number of ether oxygens (including phenoxy) is 2. The molecule has 2 heterocycles. The summed E-state index contributed by atoms with van der Waals surface area (Å²) in [5.74, 6) is 1.46. The number of carbonyl (C=O) groups is 1. The van der Waals surface area contributed by atoms with E-state index in [0.29, 0.717) is 36.3 Å². The SMILES string of the molecule is CCCOc1ccc(C(=O)N2CCC(N3CCNCC3)C2)cc1OCC.Cl. The molecule has 1 aromatic rings. The Bertz CT molecular complexity index is 608. The van der Waals surface area contributed by atoms with E-state index >= 15 is 0 Å². The molecule has 0 aliphatic carbocycles. The molecular weight excluding hydrogens is 366 g/mol. The van der Waals surface area contributed by atoms with E-state index in [4.69, 9.17) is 9.47 Å². The van der Waals surface area contributed by atoms with E-state index in [-0.39, 0.29) is 18.3 Å². The van der Waals surface area contributed by atoms with Gasteiger partial charge in [-0.1, -0.05) is 6.92 Å². The van der Waals surface area contributed by atoms with Gasteiger partial charge in [-0.05, 0) is 38.0 Å². The Labute approximate surface area is 168 Å². The van der Waals surface area contributed by atoms with Crippen molar-refractivity contribution in [2.45, 2.75) is 32.7 Å². The Morgan fingerprint density at radius 1 is 1.15 bits per heavy atom. The number of likely N-dealkylation sites (tertiary alicyclic amines) is 1. The summed E-state index contributed by atoms with van der Waals surface area (Å²) < 4.78 is 11.4. The molecule has 0 saturated carbocycles. The minimum atomic E-state index is 0. The summed E-state index contributed by atoms with van der Waals surface area (Å²) in [4.78, 5) is 17.4. The number of amides is 1. The molecule has 27 heavy (non-hydrogen) atoms. The molecule has 152 valence electrons. The van der Waals surface area contributed by atoms with Crippen LogP contribution in [-0.4, -0.2) is 74.2 Å². The molecule has 1 atom stereocenters. The summed E-state index contributed by atoms with van der Waals surface area (Å²) in [5.41, 5.74) is 0.679. The van der Waals surface area contributed by atoms with Gasteiger partial charge in [-0.15, -0.1) is 12.4 Å². The van der Waals surface area contributed by atoms with Gasteiger partial charge in [-0.25, -0.2) is 0 Å². The molecular formula is C20H32ClN3O3. The normalized spacial score (nSPS) is 20.2. The van der Waals surface area contributed by atoms with Gasteiger partial charge in [0.25, 0.3) is 5.91 Å². The zero-order valence-corrected chi connectivity index (χ0v) is 17.2. The van der Waals surface area contributed by atoms with Gasteiger partial charge < -0.3 is 19.7 Å². The minimum absolute atomic E-state index is 0. The van der Waals surface area contributed by atoms with Crippen molar-refractivity contribution in [2.24, 2.45) is 0 Å². The molecule has 1 N–H and O–H groups in total. The van der Waals surface area contributed by atoms with Crippen molar-refractivity contribution in [3.05, 3.63) is 23.8 Å². The minimum Gasteiger partial charge on any atom is -0.490 e. The highest BCUT2D eigenvalue weighted by Gasteiger charge is 2.31. The van der Waals surface area contributed by atoms with Gasteiger partial charge in [0.05, 0.1) is 13.2 Å². The zero-order valence-electron chi connectivity index (χ0n) is 16.4. The van der Waals surface area contributed by atoms with E-state index in [9.17, 15) is 4.79 Å². The first kappa shape index (κ1) is 21.8. The third-order valence-corrected chi connectivity index (χ3v) is 5.07. The average molecular weight is 398 g/mol. The van der Waals surface area contributed by atoms with Gasteiger partial charge in [0, 0.05) is 50.9 Å². The molecule has 2 fully saturated rings. The van der Waals surface area contributed by atoms with Crippen LogP contribution in [0.25, 0.3) is 0 Å². The molecule has 0 radical (unpaired) electrons. The number of nitrogens with one attached hydrogen (secondary N) is 1. The quantitative estimate of drug-likeness (QED) is 0.765. The number of hydrogen-bond donors (Lipinski definition) is 1. The summed E-state index contributed by atoms with van der Waals surface area (Å²) in [6.45, 7) is 11.1. The Hall–Kier alpha value is -1.50. The van der Waals surface area contributed by atoms with Crippen molar-refractivity contribution in [3.63, 3.8) is 0 Å². The summed E-state index contributed by atoms with van der Waals surface area (Å²) in [5, 5.41) is 3.39. The second-order valence-corrected chi connectivity index (χ2v) is 6.92. The Morgan fingerprint density at radius 2 is 1.93 bits per heavy atom. The van der Waals surface area contributed by atoms with Gasteiger partial charge in [0.15, 0.2) is 11.5 Å². The maximum Gasteiger partial charge on any atom is 0.254 e. The van der Waals surface area contributed by atoms with Crippen molar-refractivity contribution in [1.29, 1.82) is 0 Å². The van der Waals surface area contributed by atoms with Gasteiger partial charge in [-0.3, -0.25) is 9.69 Å². The maximum atomic E-state index is 13.0. The fraction of sp³-hybridized carbons (Fsp3) is 0.650. The van der Waals surface area contributed by atoms with E-state index in [1.807, 2.05) is 30.0 Å². The lowest BCUT2D eigenvalue weighted by atomic mass is 10.1. The Morgan fingerprint density at radius 3 is 2.63 bits per heavy atom. The van der Waals surface area contributed by atoms with Crippen molar-refractivity contribution in [1.82, 2.24) is 15.1 Å². The van der Waals surface area contributed by atoms with Gasteiger partial charge in [0.1, 0.15) is 0 Å². The highest BCUT2D eigenvalue weighted by Crippen LogP contribution is 2.30. The second-order valence-electron chi connectivity index (χ2n) is 6.92. The Kier molecular flexibility index (Phi) is 8.67. The van der Waals surface area contributed by atoms with Crippen LogP contribution in [-0.2, 0) is 0 Å². The highest BCUT2D eigenvalue weighted by atomic mass is 35.5. The molecule has 1 unspecified atom stereocenters. The first-order valence-electron chi connectivity index (χ1n) is 9.86. The smallest absolute Gasteiger partial charge is 0.254 e. The van der Waals surface area contributed by atoms with E-state index in [2.05, 4.69) is 17.1 Å². The van der Waals surface area contributed by atoms with Crippen molar-refractivity contribution < 1.29 is 14.3 Å². The summed E-state index contributed by atoms with van der Waals surface area (Å²) in [7, 11) is 0. The predicted molar refractivity (Wildman–Crippen MR) is 109 cm³/mol. The third-order valence-electron chi connectivity index (χ3n) is 5.07. The lowest BCUT2D eigenvalue weighted by Gasteiger charge is -2.32. The molecule has 3 rings (SSSR count). The molecule has 0 spiro atoms. The van der Waals surface area contributed by atoms with Gasteiger partial charge in [0.2, 0.25) is 0 Å². The van der Waals surface area contributed by atoms with Crippen LogP contribution in [0.4, 0.5) is 0 Å². The number of carbonyl (C=O) groups excluding carboxylic acids is 1. The number of nitrogens with zero attached hydrogens (tertiary/aromatic N) is 2. The van der Waals surface area contributed by atoms with Crippen LogP contribution < -0.4 is 14.8 Å². The molecule has 2 aliphatic rings. The van der Waals surface area contributed by atoms with Gasteiger partial charge >= 0.3 is 0 Å². The van der Waals surface area contributed by atoms with Crippen LogP contribution in [0.1, 0.15) is 37.0 Å². The molecule has 2 saturated heterocycles. The van der Waals surface area contributed by atoms with Crippen molar-refractivity contribution in [3.8, 4) is 11.5 Å². The maximum absolute atomic E-state index is 13.0. The molecule has 1 amide bonds. The van der Waals surface area contributed by atoms with E-state index < -0.39 is 0 Å². The molecule has 2 aliphatic heterocycles. The molecule has 0 aromatic heterocycles. The lowest BCUT2D eigenvalue weighted by molar-refractivity contribution is 0.0773. The van der Waals surface area contributed by atoms with Crippen LogP contribution in [0, 0.1) is 0 Å². The summed E-state index contributed by atoms with van der Waals surface area (Å²) in [6, 6.07) is 6.03. The summed E-state index contributed by atoms with van der Waals surface area (Å²) in [6.07, 6.45) is 2.00. The van der Waals surface area contributed by atoms with Crippen LogP contribution in [0.15, 0.2) is 18.2 Å². The van der Waals surface area contributed by atoms with E-state index in [1.165, 1.54) is 0 Å².